The lowest BCUT2D eigenvalue weighted by Crippen LogP contribution is -2.31. The summed E-state index contributed by atoms with van der Waals surface area (Å²) in [7, 11) is -12.4. The molecule has 0 amide bonds. The minimum Gasteiger partial charge on any atom is -0.303 e. The molecule has 0 aliphatic heterocycles. The van der Waals surface area contributed by atoms with E-state index in [4.69, 9.17) is 5.41 Å². The van der Waals surface area contributed by atoms with Crippen molar-refractivity contribution in [3.8, 4) is 0 Å². The minimum absolute atomic E-state index is 0.00774. The first-order valence-corrected chi connectivity index (χ1v) is 12.4. The van der Waals surface area contributed by atoms with Gasteiger partial charge < -0.3 is 9.13 Å². The Morgan fingerprint density at radius 3 is 1.55 bits per heavy atom. The number of hydrogen-bond donors (Lipinski definition) is 1. The summed E-state index contributed by atoms with van der Waals surface area (Å²) in [5, 5.41) is 3.57. The lowest BCUT2D eigenvalue weighted by molar-refractivity contribution is -0.0462. The number of nitrogens with zero attached hydrogens (tertiary/aromatic N) is 2. The molecule has 182 valence electrons. The van der Waals surface area contributed by atoms with E-state index >= 15 is 0 Å². The van der Waals surface area contributed by atoms with Gasteiger partial charge in [-0.25, -0.2) is 16.8 Å². The van der Waals surface area contributed by atoms with Gasteiger partial charge in [-0.3, -0.25) is 5.41 Å². The van der Waals surface area contributed by atoms with Gasteiger partial charge in [0.2, 0.25) is 5.62 Å². The highest BCUT2D eigenvalue weighted by Crippen LogP contribution is 2.38. The summed E-state index contributed by atoms with van der Waals surface area (Å²) in [6.45, 7) is 1.48. The second kappa shape index (κ2) is 9.96. The van der Waals surface area contributed by atoms with Gasteiger partial charge in [-0.05, 0) is 6.42 Å². The number of rotatable bonds is 11. The molecule has 31 heavy (non-hydrogen) atoms. The average molecular weight is 502 g/mol. The zero-order valence-corrected chi connectivity index (χ0v) is 18.6. The van der Waals surface area contributed by atoms with Gasteiger partial charge in [0.25, 0.3) is 19.7 Å². The van der Waals surface area contributed by atoms with E-state index in [0.717, 1.165) is 32.1 Å². The molecule has 1 rings (SSSR count). The van der Waals surface area contributed by atoms with Crippen molar-refractivity contribution in [1.82, 2.24) is 9.13 Å². The monoisotopic (exact) mass is 501 g/mol. The first-order valence-electron chi connectivity index (χ1n) is 9.48. The molecular weight excluding hydrogens is 476 g/mol. The molecule has 0 saturated carbocycles. The zero-order valence-electron chi connectivity index (χ0n) is 17.0. The molecule has 0 spiro atoms. The Morgan fingerprint density at radius 2 is 1.13 bits per heavy atom. The van der Waals surface area contributed by atoms with Crippen LogP contribution in [0.2, 0.25) is 0 Å². The Kier molecular flexibility index (Phi) is 8.84. The third kappa shape index (κ3) is 5.84. The lowest BCUT2D eigenvalue weighted by atomic mass is 10.1. The highest BCUT2D eigenvalue weighted by atomic mass is 32.2. The summed E-state index contributed by atoms with van der Waals surface area (Å²) in [6.07, 6.45) is 5.97. The summed E-state index contributed by atoms with van der Waals surface area (Å²) in [5.41, 5.74) is -13.2. The van der Waals surface area contributed by atoms with Crippen LogP contribution in [-0.4, -0.2) is 37.0 Å². The predicted molar refractivity (Wildman–Crippen MR) is 98.3 cm³/mol. The fourth-order valence-electron chi connectivity index (χ4n) is 3.02. The molecule has 1 N–H and O–H groups in total. The number of halogens is 6. The van der Waals surface area contributed by atoms with E-state index in [9.17, 15) is 43.2 Å². The maximum Gasteiger partial charge on any atom is 0.503 e. The molecule has 0 saturated heterocycles. The molecule has 15 heteroatoms. The first-order chi connectivity index (χ1) is 14.0. The van der Waals surface area contributed by atoms with E-state index < -0.39 is 52.9 Å². The molecule has 7 nitrogen and oxygen atoms in total. The van der Waals surface area contributed by atoms with Crippen molar-refractivity contribution in [3.05, 3.63) is 5.62 Å². The topological polar surface area (TPSA) is 102 Å². The van der Waals surface area contributed by atoms with Crippen LogP contribution in [0.3, 0.4) is 0 Å². The third-order valence-corrected chi connectivity index (χ3v) is 7.91. The number of hydrogen-bond acceptors (Lipinski definition) is 5. The quantitative estimate of drug-likeness (QED) is 0.365. The highest BCUT2D eigenvalue weighted by Gasteiger charge is 2.57. The molecule has 0 aliphatic rings. The van der Waals surface area contributed by atoms with Crippen molar-refractivity contribution in [2.24, 2.45) is 7.05 Å². The van der Waals surface area contributed by atoms with Crippen LogP contribution in [0.1, 0.15) is 58.3 Å². The second-order valence-electron chi connectivity index (χ2n) is 7.02. The number of nitrogens with one attached hydrogen (secondary N) is 1. The summed E-state index contributed by atoms with van der Waals surface area (Å²) in [5.74, 6) is 0. The molecule has 0 atom stereocenters. The summed E-state index contributed by atoms with van der Waals surface area (Å²) in [4.78, 5) is 0. The van der Waals surface area contributed by atoms with E-state index in [0.29, 0.717) is 19.9 Å². The maximum absolute atomic E-state index is 13.1. The molecule has 1 heterocycles. The standard InChI is InChI=1S/C16H25F6N3O4S2/c1-3-4-5-6-7-8-9-10-11-25-13(31(28,29)16(20,21)22)12(24(2)14(25)23)30(26,27)15(17,18)19/h23H,3-11H2,1-2H3. The fraction of sp³-hybridized carbons (Fsp3) is 0.812. The van der Waals surface area contributed by atoms with Crippen LogP contribution in [-0.2, 0) is 33.3 Å². The average Bonchev–Trinajstić information content (AvgIpc) is 2.87. The number of aromatic nitrogens is 2. The highest BCUT2D eigenvalue weighted by molar-refractivity contribution is 7.95. The fourth-order valence-corrected chi connectivity index (χ4v) is 5.74. The van der Waals surface area contributed by atoms with E-state index in [1.165, 1.54) is 0 Å². The summed E-state index contributed by atoms with van der Waals surface area (Å²) in [6, 6.07) is 0. The van der Waals surface area contributed by atoms with Crippen LogP contribution in [0.5, 0.6) is 0 Å². The normalized spacial score (nSPS) is 13.7. The molecule has 1 aromatic rings. The number of imidazole rings is 1. The molecule has 0 aromatic carbocycles. The smallest absolute Gasteiger partial charge is 0.303 e. The Balaban J connectivity index is 3.38. The van der Waals surface area contributed by atoms with Gasteiger partial charge in [0.1, 0.15) is 0 Å². The Hall–Kier alpha value is -1.51. The van der Waals surface area contributed by atoms with Crippen molar-refractivity contribution in [3.63, 3.8) is 0 Å². The van der Waals surface area contributed by atoms with E-state index in [2.05, 4.69) is 0 Å². The number of sulfone groups is 2. The molecule has 0 bridgehead atoms. The lowest BCUT2D eigenvalue weighted by Gasteiger charge is -2.14. The largest absolute Gasteiger partial charge is 0.503 e. The zero-order chi connectivity index (χ0) is 24.3. The van der Waals surface area contributed by atoms with E-state index in [1.807, 2.05) is 6.92 Å². The Labute approximate surface area is 176 Å². The van der Waals surface area contributed by atoms with Gasteiger partial charge >= 0.3 is 11.0 Å². The SMILES string of the molecule is CCCCCCCCCCn1c(S(=O)(=O)C(F)(F)F)c(S(=O)(=O)C(F)(F)F)n(C)c1=N. The first kappa shape index (κ1) is 27.5. The van der Waals surface area contributed by atoms with Gasteiger partial charge in [-0.15, -0.1) is 0 Å². The number of alkyl halides is 6. The minimum atomic E-state index is -6.50. The van der Waals surface area contributed by atoms with Gasteiger partial charge in [-0.1, -0.05) is 51.9 Å². The van der Waals surface area contributed by atoms with Crippen molar-refractivity contribution in [2.75, 3.05) is 0 Å². The summed E-state index contributed by atoms with van der Waals surface area (Å²) < 4.78 is 126. The van der Waals surface area contributed by atoms with Crippen LogP contribution in [0.15, 0.2) is 10.1 Å². The summed E-state index contributed by atoms with van der Waals surface area (Å²) >= 11 is 0. The van der Waals surface area contributed by atoms with Crippen molar-refractivity contribution >= 4 is 19.7 Å². The van der Waals surface area contributed by atoms with Crippen LogP contribution in [0.4, 0.5) is 26.3 Å². The molecule has 1 aromatic heterocycles. The van der Waals surface area contributed by atoms with Crippen LogP contribution in [0, 0.1) is 5.41 Å². The van der Waals surface area contributed by atoms with Crippen molar-refractivity contribution in [1.29, 1.82) is 5.41 Å². The van der Waals surface area contributed by atoms with Crippen LogP contribution in [0.25, 0.3) is 0 Å². The van der Waals surface area contributed by atoms with Crippen LogP contribution >= 0.6 is 0 Å². The Bertz CT molecular complexity index is 1020. The van der Waals surface area contributed by atoms with Crippen molar-refractivity contribution in [2.45, 2.75) is 85.9 Å². The molecule has 0 unspecified atom stereocenters. The van der Waals surface area contributed by atoms with Crippen molar-refractivity contribution < 1.29 is 43.2 Å². The van der Waals surface area contributed by atoms with Gasteiger partial charge in [-0.2, -0.15) is 26.3 Å². The molecule has 0 radical (unpaired) electrons. The van der Waals surface area contributed by atoms with E-state index in [1.54, 1.807) is 0 Å². The third-order valence-electron chi connectivity index (χ3n) is 4.66. The van der Waals surface area contributed by atoms with Gasteiger partial charge in [0.15, 0.2) is 10.1 Å². The second-order valence-corrected chi connectivity index (χ2v) is 10.7. The molecule has 0 fully saturated rings. The van der Waals surface area contributed by atoms with E-state index in [-0.39, 0.29) is 15.6 Å². The maximum atomic E-state index is 13.1. The molecular formula is C16H25F6N3O4S2. The molecule has 0 aliphatic carbocycles. The van der Waals surface area contributed by atoms with Gasteiger partial charge in [0.05, 0.1) is 0 Å². The van der Waals surface area contributed by atoms with Crippen LogP contribution < -0.4 is 5.62 Å². The predicted octanol–water partition coefficient (Wildman–Crippen LogP) is 4.03. The Morgan fingerprint density at radius 1 is 0.742 bits per heavy atom. The number of unbranched alkanes of at least 4 members (excludes halogenated alkanes) is 7. The van der Waals surface area contributed by atoms with Gasteiger partial charge in [0, 0.05) is 13.6 Å².